The van der Waals surface area contributed by atoms with Crippen LogP contribution in [0.15, 0.2) is 29.2 Å². The van der Waals surface area contributed by atoms with Crippen molar-refractivity contribution in [2.75, 3.05) is 30.3 Å². The monoisotopic (exact) mass is 310 g/mol. The topological polar surface area (TPSA) is 49.4 Å². The normalized spacial score (nSPS) is 17.1. The Morgan fingerprint density at radius 2 is 1.76 bits per heavy atom. The lowest BCUT2D eigenvalue weighted by molar-refractivity contribution is 0.424. The zero-order chi connectivity index (χ0) is 15.3. The number of hydrogen-bond donors (Lipinski definition) is 1. The molecule has 1 N–H and O–H groups in total. The Labute approximate surface area is 128 Å². The van der Waals surface area contributed by atoms with E-state index in [9.17, 15) is 8.42 Å². The van der Waals surface area contributed by atoms with E-state index in [4.69, 9.17) is 0 Å². The number of anilines is 1. The molecular weight excluding hydrogens is 284 g/mol. The van der Waals surface area contributed by atoms with Gasteiger partial charge in [0.05, 0.1) is 10.6 Å². The van der Waals surface area contributed by atoms with Gasteiger partial charge in [-0.3, -0.25) is 0 Å². The zero-order valence-electron chi connectivity index (χ0n) is 13.0. The predicted octanol–water partition coefficient (Wildman–Crippen LogP) is 2.45. The molecule has 2 rings (SSSR count). The zero-order valence-corrected chi connectivity index (χ0v) is 13.8. The molecule has 5 heteroatoms. The molecular formula is C16H26N2O2S. The Bertz CT molecular complexity index is 532. The molecule has 1 aliphatic heterocycles. The number of rotatable bonds is 6. The number of hydrogen-bond acceptors (Lipinski definition) is 4. The quantitative estimate of drug-likeness (QED) is 0.877. The van der Waals surface area contributed by atoms with Gasteiger partial charge in [-0.2, -0.15) is 0 Å². The van der Waals surface area contributed by atoms with Crippen LogP contribution in [0, 0.1) is 0 Å². The lowest BCUT2D eigenvalue weighted by atomic mass is 10.0. The van der Waals surface area contributed by atoms with E-state index in [2.05, 4.69) is 17.1 Å². The summed E-state index contributed by atoms with van der Waals surface area (Å²) in [7, 11) is -3.10. The molecule has 0 atom stereocenters. The van der Waals surface area contributed by atoms with E-state index in [0.29, 0.717) is 17.4 Å². The lowest BCUT2D eigenvalue weighted by Crippen LogP contribution is -2.42. The van der Waals surface area contributed by atoms with Crippen molar-refractivity contribution in [3.63, 3.8) is 0 Å². The summed E-state index contributed by atoms with van der Waals surface area (Å²) in [4.78, 5) is 2.78. The van der Waals surface area contributed by atoms with Crippen molar-refractivity contribution >= 4 is 15.5 Å². The van der Waals surface area contributed by atoms with Crippen LogP contribution < -0.4 is 10.2 Å². The minimum Gasteiger partial charge on any atom is -0.371 e. The summed E-state index contributed by atoms with van der Waals surface area (Å²) in [6.45, 7) is 7.11. The second-order valence-electron chi connectivity index (χ2n) is 5.63. The van der Waals surface area contributed by atoms with Crippen LogP contribution in [-0.4, -0.2) is 39.8 Å². The van der Waals surface area contributed by atoms with Crippen LogP contribution in [0.25, 0.3) is 0 Å². The van der Waals surface area contributed by atoms with Gasteiger partial charge < -0.3 is 10.2 Å². The van der Waals surface area contributed by atoms with Crippen molar-refractivity contribution in [1.29, 1.82) is 0 Å². The molecule has 1 aromatic rings. The molecule has 1 heterocycles. The molecule has 1 aromatic carbocycles. The first-order valence-corrected chi connectivity index (χ1v) is 9.53. The first-order valence-electron chi connectivity index (χ1n) is 7.88. The third-order valence-corrected chi connectivity index (χ3v) is 5.96. The number of piperidine rings is 1. The number of benzene rings is 1. The SMILES string of the molecule is CCCS(=O)(=O)c1ccc(N2CCC(NCC)CC2)cc1. The van der Waals surface area contributed by atoms with E-state index in [1.54, 1.807) is 12.1 Å². The van der Waals surface area contributed by atoms with E-state index >= 15 is 0 Å². The Morgan fingerprint density at radius 1 is 1.14 bits per heavy atom. The van der Waals surface area contributed by atoms with Crippen LogP contribution in [-0.2, 0) is 9.84 Å². The van der Waals surface area contributed by atoms with Crippen molar-refractivity contribution in [2.24, 2.45) is 0 Å². The minimum atomic E-state index is -3.10. The molecule has 0 radical (unpaired) electrons. The molecule has 0 bridgehead atoms. The molecule has 1 fully saturated rings. The van der Waals surface area contributed by atoms with E-state index in [1.165, 1.54) is 0 Å². The summed E-state index contributed by atoms with van der Waals surface area (Å²) in [5, 5.41) is 3.49. The van der Waals surface area contributed by atoms with Gasteiger partial charge in [-0.1, -0.05) is 13.8 Å². The van der Waals surface area contributed by atoms with Crippen LogP contribution in [0.4, 0.5) is 5.69 Å². The summed E-state index contributed by atoms with van der Waals surface area (Å²) in [5.41, 5.74) is 1.13. The fourth-order valence-corrected chi connectivity index (χ4v) is 4.21. The van der Waals surface area contributed by atoms with Crippen molar-refractivity contribution in [1.82, 2.24) is 5.32 Å². The maximum atomic E-state index is 12.0. The minimum absolute atomic E-state index is 0.223. The van der Waals surface area contributed by atoms with E-state index in [1.807, 2.05) is 19.1 Å². The van der Waals surface area contributed by atoms with E-state index in [-0.39, 0.29) is 5.75 Å². The molecule has 1 saturated heterocycles. The summed E-state index contributed by atoms with van der Waals surface area (Å²) >= 11 is 0. The molecule has 118 valence electrons. The second-order valence-corrected chi connectivity index (χ2v) is 7.74. The average Bonchev–Trinajstić information content (AvgIpc) is 2.48. The van der Waals surface area contributed by atoms with Gasteiger partial charge in [0.15, 0.2) is 9.84 Å². The Hall–Kier alpha value is -1.07. The van der Waals surface area contributed by atoms with Gasteiger partial charge in [-0.15, -0.1) is 0 Å². The number of nitrogens with one attached hydrogen (secondary N) is 1. The van der Waals surface area contributed by atoms with Gasteiger partial charge in [-0.25, -0.2) is 8.42 Å². The molecule has 0 saturated carbocycles. The molecule has 1 aliphatic rings. The lowest BCUT2D eigenvalue weighted by Gasteiger charge is -2.34. The summed E-state index contributed by atoms with van der Waals surface area (Å²) in [6, 6.07) is 8.00. The third kappa shape index (κ3) is 4.20. The molecule has 21 heavy (non-hydrogen) atoms. The van der Waals surface area contributed by atoms with E-state index < -0.39 is 9.84 Å². The molecule has 0 spiro atoms. The van der Waals surface area contributed by atoms with Gasteiger partial charge in [0.2, 0.25) is 0 Å². The summed E-state index contributed by atoms with van der Waals surface area (Å²) in [5.74, 6) is 0.223. The van der Waals surface area contributed by atoms with Crippen LogP contribution in [0.2, 0.25) is 0 Å². The fraction of sp³-hybridized carbons (Fsp3) is 0.625. The van der Waals surface area contributed by atoms with Crippen molar-refractivity contribution in [3.8, 4) is 0 Å². The highest BCUT2D eigenvalue weighted by Gasteiger charge is 2.19. The molecule has 0 aromatic heterocycles. The van der Waals surface area contributed by atoms with Gasteiger partial charge in [-0.05, 0) is 50.1 Å². The van der Waals surface area contributed by atoms with Gasteiger partial charge in [0, 0.05) is 24.8 Å². The molecule has 0 amide bonds. The highest BCUT2D eigenvalue weighted by molar-refractivity contribution is 7.91. The Morgan fingerprint density at radius 3 is 2.29 bits per heavy atom. The predicted molar refractivity (Wildman–Crippen MR) is 87.7 cm³/mol. The van der Waals surface area contributed by atoms with Crippen molar-refractivity contribution in [3.05, 3.63) is 24.3 Å². The molecule has 0 aliphatic carbocycles. The average molecular weight is 310 g/mol. The first-order chi connectivity index (χ1) is 10.1. The standard InChI is InChI=1S/C16H26N2O2S/c1-3-13-21(19,20)16-7-5-15(6-8-16)18-11-9-14(10-12-18)17-4-2/h5-8,14,17H,3-4,9-13H2,1-2H3. The fourth-order valence-electron chi connectivity index (χ4n) is 2.88. The third-order valence-electron chi connectivity index (χ3n) is 4.02. The number of nitrogens with zero attached hydrogens (tertiary/aromatic N) is 1. The summed E-state index contributed by atoms with van der Waals surface area (Å²) in [6.07, 6.45) is 2.94. The van der Waals surface area contributed by atoms with Crippen molar-refractivity contribution in [2.45, 2.75) is 44.0 Å². The van der Waals surface area contributed by atoms with Gasteiger partial charge >= 0.3 is 0 Å². The molecule has 0 unspecified atom stereocenters. The highest BCUT2D eigenvalue weighted by Crippen LogP contribution is 2.22. The summed E-state index contributed by atoms with van der Waals surface area (Å²) < 4.78 is 24.0. The van der Waals surface area contributed by atoms with Crippen LogP contribution in [0.5, 0.6) is 0 Å². The molecule has 4 nitrogen and oxygen atoms in total. The van der Waals surface area contributed by atoms with E-state index in [0.717, 1.165) is 38.2 Å². The second kappa shape index (κ2) is 7.27. The van der Waals surface area contributed by atoms with Crippen molar-refractivity contribution < 1.29 is 8.42 Å². The largest absolute Gasteiger partial charge is 0.371 e. The van der Waals surface area contributed by atoms with Crippen LogP contribution >= 0.6 is 0 Å². The van der Waals surface area contributed by atoms with Gasteiger partial charge in [0.1, 0.15) is 0 Å². The Kier molecular flexibility index (Phi) is 5.65. The Balaban J connectivity index is 2.00. The maximum absolute atomic E-state index is 12.0. The van der Waals surface area contributed by atoms with Crippen LogP contribution in [0.1, 0.15) is 33.1 Å². The number of sulfone groups is 1. The first kappa shape index (κ1) is 16.3. The highest BCUT2D eigenvalue weighted by atomic mass is 32.2. The smallest absolute Gasteiger partial charge is 0.178 e. The maximum Gasteiger partial charge on any atom is 0.178 e. The van der Waals surface area contributed by atoms with Crippen LogP contribution in [0.3, 0.4) is 0 Å². The van der Waals surface area contributed by atoms with Gasteiger partial charge in [0.25, 0.3) is 0 Å².